The molecule has 0 unspecified atom stereocenters. The van der Waals surface area contributed by atoms with Gasteiger partial charge in [-0.1, -0.05) is 30.3 Å². The second-order valence-electron chi connectivity index (χ2n) is 9.45. The van der Waals surface area contributed by atoms with Crippen LogP contribution in [0.2, 0.25) is 0 Å². The first-order valence-electron chi connectivity index (χ1n) is 12.2. The van der Waals surface area contributed by atoms with E-state index < -0.39 is 59.6 Å². The van der Waals surface area contributed by atoms with Crippen molar-refractivity contribution in [1.82, 2.24) is 20.9 Å². The maximum atomic E-state index is 13.1. The van der Waals surface area contributed by atoms with Crippen molar-refractivity contribution in [3.05, 3.63) is 35.9 Å². The number of aliphatic hydroxyl groups is 2. The van der Waals surface area contributed by atoms with Gasteiger partial charge in [-0.25, -0.2) is 0 Å². The summed E-state index contributed by atoms with van der Waals surface area (Å²) in [6.45, 7) is 4.34. The van der Waals surface area contributed by atoms with Gasteiger partial charge in [0.15, 0.2) is 5.79 Å². The first-order chi connectivity index (χ1) is 17.3. The molecule has 204 valence electrons. The van der Waals surface area contributed by atoms with Gasteiger partial charge in [-0.3, -0.25) is 24.0 Å². The quantitative estimate of drug-likeness (QED) is 0.195. The number of likely N-dealkylation sites (tertiary alicyclic amines) is 1. The molecule has 2 rings (SSSR count). The summed E-state index contributed by atoms with van der Waals surface area (Å²) in [7, 11) is 0. The molecule has 4 amide bonds. The van der Waals surface area contributed by atoms with E-state index in [4.69, 9.17) is 5.11 Å². The molecule has 0 aliphatic carbocycles. The Morgan fingerprint density at radius 1 is 1.00 bits per heavy atom. The van der Waals surface area contributed by atoms with Crippen LogP contribution in [0, 0.1) is 0 Å². The smallest absolute Gasteiger partial charge is 0.303 e. The molecule has 0 bridgehead atoms. The Morgan fingerprint density at radius 3 is 2.24 bits per heavy atom. The molecule has 12 nitrogen and oxygen atoms in total. The number of nitrogens with zero attached hydrogens (tertiary/aromatic N) is 1. The minimum Gasteiger partial charge on any atom is -0.481 e. The van der Waals surface area contributed by atoms with Crippen LogP contribution in [0.25, 0.3) is 0 Å². The van der Waals surface area contributed by atoms with Crippen LogP contribution in [-0.4, -0.2) is 86.3 Å². The van der Waals surface area contributed by atoms with E-state index in [2.05, 4.69) is 16.0 Å². The number of rotatable bonds is 12. The summed E-state index contributed by atoms with van der Waals surface area (Å²) in [6, 6.07) is 5.16. The lowest BCUT2D eigenvalue weighted by molar-refractivity contribution is -0.172. The Balaban J connectivity index is 1.98. The maximum Gasteiger partial charge on any atom is 0.303 e. The fourth-order valence-corrected chi connectivity index (χ4v) is 4.05. The fraction of sp³-hybridized carbons (Fsp3) is 0.560. The Morgan fingerprint density at radius 2 is 1.65 bits per heavy atom. The normalized spacial score (nSPS) is 17.9. The molecular formula is C25H36N4O8. The second-order valence-corrected chi connectivity index (χ2v) is 9.45. The Hall–Kier alpha value is -3.51. The monoisotopic (exact) mass is 520 g/mol. The van der Waals surface area contributed by atoms with Gasteiger partial charge in [-0.05, 0) is 45.6 Å². The summed E-state index contributed by atoms with van der Waals surface area (Å²) in [6.07, 6.45) is 0.446. The number of benzene rings is 1. The van der Waals surface area contributed by atoms with Crippen molar-refractivity contribution in [2.45, 2.75) is 82.8 Å². The maximum absolute atomic E-state index is 13.1. The second kappa shape index (κ2) is 13.2. The van der Waals surface area contributed by atoms with Gasteiger partial charge in [0.25, 0.3) is 0 Å². The van der Waals surface area contributed by atoms with Crippen molar-refractivity contribution in [1.29, 1.82) is 0 Å². The number of carbonyl (C=O) groups excluding carboxylic acids is 4. The summed E-state index contributed by atoms with van der Waals surface area (Å²) in [4.78, 5) is 62.3. The van der Waals surface area contributed by atoms with Crippen molar-refractivity contribution in [3.63, 3.8) is 0 Å². The SMILES string of the molecule is C[C@H](NC(=O)CCC(=O)O)C(=O)N[C@@H](C)C(=O)N1CCC[C@H]1C(=O)N[C@@H](Cc1ccccc1)C(C)(O)O. The zero-order valence-corrected chi connectivity index (χ0v) is 21.3. The van der Waals surface area contributed by atoms with Crippen LogP contribution < -0.4 is 16.0 Å². The van der Waals surface area contributed by atoms with E-state index in [0.29, 0.717) is 12.8 Å². The molecule has 1 saturated heterocycles. The molecule has 12 heteroatoms. The molecule has 1 aliphatic rings. The van der Waals surface area contributed by atoms with E-state index in [1.54, 1.807) is 24.3 Å². The van der Waals surface area contributed by atoms with Crippen LogP contribution in [0.1, 0.15) is 52.0 Å². The lowest BCUT2D eigenvalue weighted by Gasteiger charge is -2.32. The van der Waals surface area contributed by atoms with Crippen LogP contribution in [0.4, 0.5) is 0 Å². The van der Waals surface area contributed by atoms with E-state index in [9.17, 15) is 34.2 Å². The zero-order valence-electron chi connectivity index (χ0n) is 21.3. The molecule has 1 fully saturated rings. The third kappa shape index (κ3) is 9.14. The van der Waals surface area contributed by atoms with Gasteiger partial charge in [-0.2, -0.15) is 0 Å². The first kappa shape index (κ1) is 29.7. The number of aliphatic carboxylic acids is 1. The number of nitrogens with one attached hydrogen (secondary N) is 3. The van der Waals surface area contributed by atoms with Crippen LogP contribution in [0.5, 0.6) is 0 Å². The van der Waals surface area contributed by atoms with Crippen LogP contribution >= 0.6 is 0 Å². The molecule has 0 saturated carbocycles. The molecule has 1 heterocycles. The standard InChI is InChI=1S/C25H36N4O8/c1-15(26-20(30)11-12-21(31)32)22(33)27-16(2)24(35)29-13-7-10-18(29)23(34)28-19(25(3,36)37)14-17-8-5-4-6-9-17/h4-6,8-9,15-16,18-19,36-37H,7,10-14H2,1-3H3,(H,26,30)(H,27,33)(H,28,34)(H,31,32)/t15-,16-,18-,19-/m0/s1. The van der Waals surface area contributed by atoms with Gasteiger partial charge < -0.3 is 36.2 Å². The van der Waals surface area contributed by atoms with E-state index in [-0.39, 0.29) is 25.8 Å². The lowest BCUT2D eigenvalue weighted by atomic mass is 9.99. The van der Waals surface area contributed by atoms with Crippen molar-refractivity contribution < 1.29 is 39.3 Å². The van der Waals surface area contributed by atoms with Gasteiger partial charge in [0.05, 0.1) is 12.5 Å². The van der Waals surface area contributed by atoms with Gasteiger partial charge in [0, 0.05) is 13.0 Å². The number of hydrogen-bond donors (Lipinski definition) is 6. The summed E-state index contributed by atoms with van der Waals surface area (Å²) in [5.74, 6) is -5.60. The zero-order chi connectivity index (χ0) is 27.8. The molecule has 1 aromatic carbocycles. The minimum atomic E-state index is -2.20. The Bertz CT molecular complexity index is 979. The van der Waals surface area contributed by atoms with Crippen LogP contribution in [0.15, 0.2) is 30.3 Å². The summed E-state index contributed by atoms with van der Waals surface area (Å²) >= 11 is 0. The van der Waals surface area contributed by atoms with Gasteiger partial charge in [-0.15, -0.1) is 0 Å². The average molecular weight is 521 g/mol. The van der Waals surface area contributed by atoms with Gasteiger partial charge in [0.2, 0.25) is 23.6 Å². The third-order valence-corrected chi connectivity index (χ3v) is 6.16. The lowest BCUT2D eigenvalue weighted by Crippen LogP contribution is -2.58. The molecule has 4 atom stereocenters. The average Bonchev–Trinajstić information content (AvgIpc) is 3.31. The van der Waals surface area contributed by atoms with Crippen LogP contribution in [0.3, 0.4) is 0 Å². The highest BCUT2D eigenvalue weighted by Gasteiger charge is 2.39. The molecule has 1 aromatic rings. The predicted octanol–water partition coefficient (Wildman–Crippen LogP) is -0.720. The molecule has 1 aliphatic heterocycles. The molecule has 0 radical (unpaired) electrons. The highest BCUT2D eigenvalue weighted by molar-refractivity contribution is 5.94. The highest BCUT2D eigenvalue weighted by Crippen LogP contribution is 2.20. The van der Waals surface area contributed by atoms with Crippen LogP contribution in [-0.2, 0) is 30.4 Å². The van der Waals surface area contributed by atoms with Gasteiger partial charge >= 0.3 is 5.97 Å². The summed E-state index contributed by atoms with van der Waals surface area (Å²) in [5, 5.41) is 36.6. The predicted molar refractivity (Wildman–Crippen MR) is 132 cm³/mol. The molecule has 37 heavy (non-hydrogen) atoms. The number of carboxylic acid groups (broad SMARTS) is 1. The number of carbonyl (C=O) groups is 5. The number of amides is 4. The fourth-order valence-electron chi connectivity index (χ4n) is 4.05. The molecule has 0 aromatic heterocycles. The molecular weight excluding hydrogens is 484 g/mol. The van der Waals surface area contributed by atoms with Crippen molar-refractivity contribution >= 4 is 29.6 Å². The number of carboxylic acids is 1. The summed E-state index contributed by atoms with van der Waals surface area (Å²) in [5.41, 5.74) is 0.794. The van der Waals surface area contributed by atoms with Crippen molar-refractivity contribution in [2.75, 3.05) is 6.54 Å². The van der Waals surface area contributed by atoms with E-state index in [0.717, 1.165) is 5.56 Å². The van der Waals surface area contributed by atoms with Crippen molar-refractivity contribution in [2.24, 2.45) is 0 Å². The van der Waals surface area contributed by atoms with E-state index in [1.165, 1.54) is 25.7 Å². The first-order valence-corrected chi connectivity index (χ1v) is 12.2. The molecule has 0 spiro atoms. The largest absolute Gasteiger partial charge is 0.481 e. The van der Waals surface area contributed by atoms with E-state index >= 15 is 0 Å². The van der Waals surface area contributed by atoms with E-state index in [1.807, 2.05) is 6.07 Å². The Kier molecular flexibility index (Phi) is 10.6. The number of hydrogen-bond acceptors (Lipinski definition) is 7. The minimum absolute atomic E-state index is 0.166. The topological polar surface area (TPSA) is 185 Å². The van der Waals surface area contributed by atoms with Gasteiger partial charge in [0.1, 0.15) is 18.1 Å². The van der Waals surface area contributed by atoms with Crippen molar-refractivity contribution in [3.8, 4) is 0 Å². The third-order valence-electron chi connectivity index (χ3n) is 6.16. The molecule has 6 N–H and O–H groups in total. The Labute approximate surface area is 215 Å². The summed E-state index contributed by atoms with van der Waals surface area (Å²) < 4.78 is 0. The highest BCUT2D eigenvalue weighted by atomic mass is 16.5.